The molecule has 0 spiro atoms. The number of rotatable bonds is 5. The molecule has 8 nitrogen and oxygen atoms in total. The number of hydrogen-bond donors (Lipinski definition) is 1. The number of ether oxygens (including phenoxy) is 1. The van der Waals surface area contributed by atoms with Crippen LogP contribution in [0.15, 0.2) is 67.1 Å². The van der Waals surface area contributed by atoms with Crippen molar-refractivity contribution >= 4 is 40.1 Å². The summed E-state index contributed by atoms with van der Waals surface area (Å²) < 4.78 is 7.22. The molecule has 1 saturated heterocycles. The third-order valence-electron chi connectivity index (χ3n) is 6.26. The van der Waals surface area contributed by atoms with Crippen molar-refractivity contribution in [2.24, 2.45) is 5.92 Å². The molecular weight excluding hydrogens is 466 g/mol. The number of pyridine rings is 1. The molecule has 0 bridgehead atoms. The Morgan fingerprint density at radius 3 is 2.60 bits per heavy atom. The van der Waals surface area contributed by atoms with E-state index in [9.17, 15) is 9.59 Å². The summed E-state index contributed by atoms with van der Waals surface area (Å²) in [7, 11) is 1.52. The quantitative estimate of drug-likeness (QED) is 0.443. The van der Waals surface area contributed by atoms with Crippen molar-refractivity contribution in [3.05, 3.63) is 77.7 Å². The maximum atomic E-state index is 13.0. The van der Waals surface area contributed by atoms with E-state index in [1.54, 1.807) is 35.6 Å². The van der Waals surface area contributed by atoms with Gasteiger partial charge in [0.2, 0.25) is 5.91 Å². The van der Waals surface area contributed by atoms with Gasteiger partial charge >= 0.3 is 0 Å². The van der Waals surface area contributed by atoms with E-state index in [0.717, 1.165) is 16.9 Å². The molecule has 178 valence electrons. The Kier molecular flexibility index (Phi) is 6.37. The fourth-order valence-electron chi connectivity index (χ4n) is 4.35. The number of likely N-dealkylation sites (tertiary alicyclic amines) is 1. The zero-order valence-corrected chi connectivity index (χ0v) is 19.9. The molecule has 2 amide bonds. The van der Waals surface area contributed by atoms with Gasteiger partial charge in [0.15, 0.2) is 0 Å². The van der Waals surface area contributed by atoms with Crippen LogP contribution in [0.2, 0.25) is 5.02 Å². The lowest BCUT2D eigenvalue weighted by atomic mass is 9.95. The number of hydrogen-bond acceptors (Lipinski definition) is 5. The van der Waals surface area contributed by atoms with Crippen LogP contribution in [0, 0.1) is 5.92 Å². The first kappa shape index (κ1) is 22.9. The van der Waals surface area contributed by atoms with E-state index >= 15 is 0 Å². The molecule has 4 aromatic rings. The van der Waals surface area contributed by atoms with E-state index in [1.807, 2.05) is 41.0 Å². The second kappa shape index (κ2) is 9.76. The Bertz CT molecular complexity index is 1380. The fourth-order valence-corrected chi connectivity index (χ4v) is 4.52. The topological polar surface area (TPSA) is 89.4 Å². The highest BCUT2D eigenvalue weighted by molar-refractivity contribution is 6.31. The number of halogens is 1. The zero-order valence-electron chi connectivity index (χ0n) is 19.1. The number of piperidine rings is 1. The van der Waals surface area contributed by atoms with Crippen molar-refractivity contribution < 1.29 is 14.3 Å². The second-order valence-electron chi connectivity index (χ2n) is 8.41. The molecule has 0 radical (unpaired) electrons. The largest absolute Gasteiger partial charge is 0.496 e. The summed E-state index contributed by atoms with van der Waals surface area (Å²) in [4.78, 5) is 36.5. The summed E-state index contributed by atoms with van der Waals surface area (Å²) >= 11 is 6.07. The summed E-state index contributed by atoms with van der Waals surface area (Å²) in [5.74, 6) is 0.812. The Morgan fingerprint density at radius 2 is 1.86 bits per heavy atom. The highest BCUT2D eigenvalue weighted by Gasteiger charge is 2.29. The fraction of sp³-hybridized carbons (Fsp3) is 0.231. The first-order valence-corrected chi connectivity index (χ1v) is 11.7. The van der Waals surface area contributed by atoms with Crippen LogP contribution in [0.1, 0.15) is 23.2 Å². The number of aromatic nitrogens is 3. The van der Waals surface area contributed by atoms with E-state index in [1.165, 1.54) is 7.11 Å². The number of para-hydroxylation sites is 2. The maximum Gasteiger partial charge on any atom is 0.257 e. The van der Waals surface area contributed by atoms with E-state index in [0.29, 0.717) is 48.0 Å². The number of anilines is 1. The molecule has 1 aliphatic rings. The van der Waals surface area contributed by atoms with E-state index < -0.39 is 0 Å². The lowest BCUT2D eigenvalue weighted by molar-refractivity contribution is -0.121. The number of fused-ring (bicyclic) bond motifs is 1. The number of nitrogens with zero attached hydrogens (tertiary/aromatic N) is 4. The van der Waals surface area contributed by atoms with Crippen LogP contribution < -0.4 is 10.1 Å². The Hall–Kier alpha value is -3.91. The number of nitrogens with one attached hydrogen (secondary N) is 1. The van der Waals surface area contributed by atoms with Crippen LogP contribution in [0.25, 0.3) is 16.9 Å². The van der Waals surface area contributed by atoms with Gasteiger partial charge in [-0.3, -0.25) is 14.2 Å². The monoisotopic (exact) mass is 489 g/mol. The summed E-state index contributed by atoms with van der Waals surface area (Å²) in [6.07, 6.45) is 4.53. The molecule has 3 heterocycles. The molecular formula is C26H24ClN5O3. The van der Waals surface area contributed by atoms with Crippen molar-refractivity contribution in [1.29, 1.82) is 0 Å². The molecule has 0 atom stereocenters. The highest BCUT2D eigenvalue weighted by Crippen LogP contribution is 2.27. The molecule has 1 fully saturated rings. The summed E-state index contributed by atoms with van der Waals surface area (Å²) in [6.45, 7) is 0.967. The highest BCUT2D eigenvalue weighted by atomic mass is 35.5. The van der Waals surface area contributed by atoms with Gasteiger partial charge in [-0.2, -0.15) is 0 Å². The van der Waals surface area contributed by atoms with Crippen LogP contribution in [0.4, 0.5) is 5.69 Å². The minimum atomic E-state index is -0.183. The first-order chi connectivity index (χ1) is 17.0. The molecule has 2 aromatic heterocycles. The molecule has 0 unspecified atom stereocenters. The first-order valence-electron chi connectivity index (χ1n) is 11.4. The van der Waals surface area contributed by atoms with E-state index in [4.69, 9.17) is 16.3 Å². The SMILES string of the molecule is COc1ccc(Cl)cc1C(=O)N1CCC(C(=O)Nc2ccc(-n3cnc4ccccc43)nc2)CC1. The van der Waals surface area contributed by atoms with E-state index in [2.05, 4.69) is 15.3 Å². The minimum Gasteiger partial charge on any atom is -0.496 e. The normalized spacial score (nSPS) is 14.2. The molecule has 35 heavy (non-hydrogen) atoms. The van der Waals surface area contributed by atoms with Gasteiger partial charge in [-0.1, -0.05) is 23.7 Å². The van der Waals surface area contributed by atoms with Crippen molar-refractivity contribution in [1.82, 2.24) is 19.4 Å². The van der Waals surface area contributed by atoms with Gasteiger partial charge in [0.1, 0.15) is 17.9 Å². The van der Waals surface area contributed by atoms with Gasteiger partial charge in [0, 0.05) is 24.0 Å². The molecule has 5 rings (SSSR count). The standard InChI is InChI=1S/C26H24ClN5O3/c1-35-23-8-6-18(27)14-20(23)26(34)31-12-10-17(11-13-31)25(33)30-19-7-9-24(28-15-19)32-16-29-21-4-2-3-5-22(21)32/h2-9,14-17H,10-13H2,1H3,(H,30,33). The number of methoxy groups -OCH3 is 1. The molecule has 1 N–H and O–H groups in total. The van der Waals surface area contributed by atoms with Gasteiger partial charge in [0.05, 0.1) is 35.6 Å². The maximum absolute atomic E-state index is 13.0. The Morgan fingerprint density at radius 1 is 1.06 bits per heavy atom. The molecule has 0 saturated carbocycles. The Balaban J connectivity index is 1.19. The van der Waals surface area contributed by atoms with Crippen molar-refractivity contribution in [3.8, 4) is 11.6 Å². The number of amides is 2. The summed E-state index contributed by atoms with van der Waals surface area (Å²) in [5.41, 5.74) is 2.92. The predicted octanol–water partition coefficient (Wildman–Crippen LogP) is 4.57. The summed E-state index contributed by atoms with van der Waals surface area (Å²) in [6, 6.07) is 16.5. The van der Waals surface area contributed by atoms with Crippen LogP contribution in [0.5, 0.6) is 5.75 Å². The number of carbonyl (C=O) groups excluding carboxylic acids is 2. The minimum absolute atomic E-state index is 0.0694. The third kappa shape index (κ3) is 4.70. The average Bonchev–Trinajstić information content (AvgIpc) is 3.33. The van der Waals surface area contributed by atoms with Crippen molar-refractivity contribution in [2.45, 2.75) is 12.8 Å². The van der Waals surface area contributed by atoms with Gasteiger partial charge in [-0.25, -0.2) is 9.97 Å². The predicted molar refractivity (Wildman–Crippen MR) is 134 cm³/mol. The number of benzene rings is 2. The van der Waals surface area contributed by atoms with Crippen LogP contribution >= 0.6 is 11.6 Å². The summed E-state index contributed by atoms with van der Waals surface area (Å²) in [5, 5.41) is 3.43. The van der Waals surface area contributed by atoms with Gasteiger partial charge in [0.25, 0.3) is 5.91 Å². The Labute approximate surface area is 207 Å². The van der Waals surface area contributed by atoms with Crippen LogP contribution in [0.3, 0.4) is 0 Å². The van der Waals surface area contributed by atoms with Crippen molar-refractivity contribution in [3.63, 3.8) is 0 Å². The van der Waals surface area contributed by atoms with Gasteiger partial charge in [-0.05, 0) is 55.3 Å². The molecule has 2 aromatic carbocycles. The van der Waals surface area contributed by atoms with Crippen LogP contribution in [-0.2, 0) is 4.79 Å². The smallest absolute Gasteiger partial charge is 0.257 e. The molecule has 0 aliphatic carbocycles. The number of imidazole rings is 1. The molecule has 1 aliphatic heterocycles. The van der Waals surface area contributed by atoms with Gasteiger partial charge < -0.3 is 15.0 Å². The second-order valence-corrected chi connectivity index (χ2v) is 8.85. The molecule has 9 heteroatoms. The lowest BCUT2D eigenvalue weighted by Crippen LogP contribution is -2.41. The van der Waals surface area contributed by atoms with Gasteiger partial charge in [-0.15, -0.1) is 0 Å². The van der Waals surface area contributed by atoms with Crippen LogP contribution in [-0.4, -0.2) is 51.4 Å². The van der Waals surface area contributed by atoms with Crippen molar-refractivity contribution in [2.75, 3.05) is 25.5 Å². The average molecular weight is 490 g/mol. The van der Waals surface area contributed by atoms with E-state index in [-0.39, 0.29) is 17.7 Å². The number of carbonyl (C=O) groups is 2. The lowest BCUT2D eigenvalue weighted by Gasteiger charge is -2.31. The third-order valence-corrected chi connectivity index (χ3v) is 6.50. The zero-order chi connectivity index (χ0) is 24.4.